The molecule has 0 atom stereocenters. The van der Waals surface area contributed by atoms with Gasteiger partial charge in [-0.15, -0.1) is 0 Å². The summed E-state index contributed by atoms with van der Waals surface area (Å²) in [4.78, 5) is 2.38. The highest BCUT2D eigenvalue weighted by Gasteiger charge is 2.37. The van der Waals surface area contributed by atoms with E-state index in [2.05, 4.69) is 41.5 Å². The van der Waals surface area contributed by atoms with Gasteiger partial charge in [0.15, 0.2) is 0 Å². The second-order valence-corrected chi connectivity index (χ2v) is 5.30. The molecule has 1 fully saturated rings. The molecule has 1 N–H and O–H groups in total. The molecule has 0 unspecified atom stereocenters. The Morgan fingerprint density at radius 1 is 1.24 bits per heavy atom. The van der Waals surface area contributed by atoms with Crippen LogP contribution in [0, 0.1) is 0 Å². The molecule has 3 rings (SSSR count). The minimum atomic E-state index is 0.0130. The Labute approximate surface area is 103 Å². The molecule has 1 aromatic carbocycles. The number of fused-ring (bicyclic) bond motifs is 1. The molecule has 2 aliphatic heterocycles. The Bertz CT molecular complexity index is 391. The number of nitrogens with one attached hydrogen (secondary N) is 1. The van der Waals surface area contributed by atoms with Crippen molar-refractivity contribution in [1.82, 2.24) is 10.2 Å². The Morgan fingerprint density at radius 2 is 2.00 bits per heavy atom. The van der Waals surface area contributed by atoms with Crippen molar-refractivity contribution in [3.05, 3.63) is 29.8 Å². The van der Waals surface area contributed by atoms with E-state index in [0.717, 1.165) is 44.8 Å². The predicted octanol–water partition coefficient (Wildman–Crippen LogP) is 1.63. The summed E-state index contributed by atoms with van der Waals surface area (Å²) in [5, 5.41) is 3.54. The van der Waals surface area contributed by atoms with Crippen LogP contribution in [-0.2, 0) is 6.54 Å². The summed E-state index contributed by atoms with van der Waals surface area (Å²) in [6.07, 6.45) is 2.23. The standard InChI is InChI=1S/C14H20N2O/c1-16-8-6-14(7-9-16)11-15-10-12-4-2-3-5-13(12)17-14/h2-5,15H,6-11H2,1H3. The van der Waals surface area contributed by atoms with Crippen LogP contribution < -0.4 is 10.1 Å². The third-order valence-electron chi connectivity index (χ3n) is 3.96. The first-order valence-electron chi connectivity index (χ1n) is 6.44. The maximum atomic E-state index is 6.34. The molecule has 1 aromatic rings. The Morgan fingerprint density at radius 3 is 2.82 bits per heavy atom. The topological polar surface area (TPSA) is 24.5 Å². The fourth-order valence-electron chi connectivity index (χ4n) is 2.75. The zero-order valence-corrected chi connectivity index (χ0v) is 10.4. The van der Waals surface area contributed by atoms with Crippen LogP contribution in [0.4, 0.5) is 0 Å². The number of hydrogen-bond donors (Lipinski definition) is 1. The van der Waals surface area contributed by atoms with E-state index in [4.69, 9.17) is 4.74 Å². The largest absolute Gasteiger partial charge is 0.486 e. The lowest BCUT2D eigenvalue weighted by molar-refractivity contribution is 0.0127. The molecule has 2 aliphatic rings. The van der Waals surface area contributed by atoms with Crippen molar-refractivity contribution in [2.75, 3.05) is 26.7 Å². The molecule has 2 heterocycles. The number of piperidine rings is 1. The third kappa shape index (κ3) is 2.17. The van der Waals surface area contributed by atoms with Crippen LogP contribution in [0.15, 0.2) is 24.3 Å². The maximum absolute atomic E-state index is 6.34. The van der Waals surface area contributed by atoms with Gasteiger partial charge >= 0.3 is 0 Å². The maximum Gasteiger partial charge on any atom is 0.124 e. The van der Waals surface area contributed by atoms with Crippen molar-refractivity contribution in [3.8, 4) is 5.75 Å². The molecule has 0 radical (unpaired) electrons. The van der Waals surface area contributed by atoms with Crippen LogP contribution in [0.5, 0.6) is 5.75 Å². The Hall–Kier alpha value is -1.06. The lowest BCUT2D eigenvalue weighted by Gasteiger charge is -2.40. The van der Waals surface area contributed by atoms with Crippen LogP contribution in [-0.4, -0.2) is 37.2 Å². The number of hydrogen-bond acceptors (Lipinski definition) is 3. The van der Waals surface area contributed by atoms with E-state index in [0.29, 0.717) is 0 Å². The Balaban J connectivity index is 1.85. The fourth-order valence-corrected chi connectivity index (χ4v) is 2.75. The number of rotatable bonds is 0. The first-order chi connectivity index (χ1) is 8.27. The van der Waals surface area contributed by atoms with E-state index in [-0.39, 0.29) is 5.60 Å². The van der Waals surface area contributed by atoms with Gasteiger partial charge in [0, 0.05) is 44.6 Å². The van der Waals surface area contributed by atoms with Crippen molar-refractivity contribution in [2.24, 2.45) is 0 Å². The van der Waals surface area contributed by atoms with E-state index in [1.54, 1.807) is 0 Å². The first kappa shape index (κ1) is 11.1. The lowest BCUT2D eigenvalue weighted by Crippen LogP contribution is -2.51. The van der Waals surface area contributed by atoms with Crippen molar-refractivity contribution in [2.45, 2.75) is 25.0 Å². The van der Waals surface area contributed by atoms with Gasteiger partial charge in [0.2, 0.25) is 0 Å². The van der Waals surface area contributed by atoms with Gasteiger partial charge in [-0.1, -0.05) is 18.2 Å². The van der Waals surface area contributed by atoms with E-state index < -0.39 is 0 Å². The molecule has 92 valence electrons. The summed E-state index contributed by atoms with van der Waals surface area (Å²) in [5.74, 6) is 1.07. The van der Waals surface area contributed by atoms with E-state index in [1.165, 1.54) is 5.56 Å². The average Bonchev–Trinajstić information content (AvgIpc) is 2.52. The smallest absolute Gasteiger partial charge is 0.124 e. The highest BCUT2D eigenvalue weighted by molar-refractivity contribution is 5.34. The number of likely N-dealkylation sites (tertiary alicyclic amines) is 1. The highest BCUT2D eigenvalue weighted by atomic mass is 16.5. The summed E-state index contributed by atoms with van der Waals surface area (Å²) in [6, 6.07) is 8.39. The predicted molar refractivity (Wildman–Crippen MR) is 68.2 cm³/mol. The third-order valence-corrected chi connectivity index (χ3v) is 3.96. The molecular formula is C14H20N2O. The summed E-state index contributed by atoms with van der Waals surface area (Å²) in [7, 11) is 2.19. The normalized spacial score (nSPS) is 23.8. The van der Waals surface area contributed by atoms with Crippen molar-refractivity contribution in [3.63, 3.8) is 0 Å². The molecular weight excluding hydrogens is 212 g/mol. The monoisotopic (exact) mass is 232 g/mol. The summed E-state index contributed by atoms with van der Waals surface area (Å²) < 4.78 is 6.34. The minimum absolute atomic E-state index is 0.0130. The van der Waals surface area contributed by atoms with Crippen LogP contribution >= 0.6 is 0 Å². The van der Waals surface area contributed by atoms with E-state index in [9.17, 15) is 0 Å². The number of ether oxygens (including phenoxy) is 1. The molecule has 0 aromatic heterocycles. The first-order valence-corrected chi connectivity index (χ1v) is 6.44. The van der Waals surface area contributed by atoms with Gasteiger partial charge in [0.1, 0.15) is 11.4 Å². The van der Waals surface area contributed by atoms with Gasteiger partial charge in [-0.2, -0.15) is 0 Å². The molecule has 3 heteroatoms. The molecule has 0 saturated carbocycles. The van der Waals surface area contributed by atoms with Crippen molar-refractivity contribution in [1.29, 1.82) is 0 Å². The molecule has 0 aliphatic carbocycles. The fraction of sp³-hybridized carbons (Fsp3) is 0.571. The van der Waals surface area contributed by atoms with Crippen LogP contribution in [0.2, 0.25) is 0 Å². The number of nitrogens with zero attached hydrogens (tertiary/aromatic N) is 1. The number of benzene rings is 1. The van der Waals surface area contributed by atoms with Crippen LogP contribution in [0.1, 0.15) is 18.4 Å². The quantitative estimate of drug-likeness (QED) is 0.736. The summed E-state index contributed by atoms with van der Waals surface area (Å²) in [6.45, 7) is 4.15. The lowest BCUT2D eigenvalue weighted by atomic mass is 9.91. The zero-order valence-electron chi connectivity index (χ0n) is 10.4. The summed E-state index contributed by atoms with van der Waals surface area (Å²) >= 11 is 0. The minimum Gasteiger partial charge on any atom is -0.486 e. The molecule has 1 saturated heterocycles. The molecule has 17 heavy (non-hydrogen) atoms. The second kappa shape index (κ2) is 4.31. The van der Waals surface area contributed by atoms with Gasteiger partial charge in [0.05, 0.1) is 0 Å². The molecule has 0 bridgehead atoms. The van der Waals surface area contributed by atoms with Gasteiger partial charge in [-0.25, -0.2) is 0 Å². The van der Waals surface area contributed by atoms with Crippen LogP contribution in [0.3, 0.4) is 0 Å². The van der Waals surface area contributed by atoms with Gasteiger partial charge in [-0.3, -0.25) is 0 Å². The van der Waals surface area contributed by atoms with Gasteiger partial charge in [-0.05, 0) is 13.1 Å². The van der Waals surface area contributed by atoms with Crippen molar-refractivity contribution >= 4 is 0 Å². The van der Waals surface area contributed by atoms with E-state index in [1.807, 2.05) is 0 Å². The van der Waals surface area contributed by atoms with Crippen LogP contribution in [0.25, 0.3) is 0 Å². The highest BCUT2D eigenvalue weighted by Crippen LogP contribution is 2.32. The number of para-hydroxylation sites is 1. The van der Waals surface area contributed by atoms with Gasteiger partial charge in [0.25, 0.3) is 0 Å². The Kier molecular flexibility index (Phi) is 2.81. The second-order valence-electron chi connectivity index (χ2n) is 5.30. The zero-order chi connectivity index (χ0) is 11.7. The average molecular weight is 232 g/mol. The summed E-state index contributed by atoms with van der Waals surface area (Å²) in [5.41, 5.74) is 1.29. The SMILES string of the molecule is CN1CCC2(CC1)CNCc1ccccc1O2. The van der Waals surface area contributed by atoms with E-state index >= 15 is 0 Å². The molecule has 1 spiro atoms. The molecule has 0 amide bonds. The van der Waals surface area contributed by atoms with Gasteiger partial charge < -0.3 is 15.0 Å². The molecule has 3 nitrogen and oxygen atoms in total. The van der Waals surface area contributed by atoms with Crippen molar-refractivity contribution < 1.29 is 4.74 Å².